The molecular formula is C8H14N2S. The van der Waals surface area contributed by atoms with Crippen molar-refractivity contribution in [1.29, 1.82) is 0 Å². The second kappa shape index (κ2) is 4.46. The standard InChI is InChI=1S/C8H14N2S/c1-3-4-8-10-6-7(11-8)5-9-2/h6,9H,3-5H2,1-2H3. The van der Waals surface area contributed by atoms with Gasteiger partial charge >= 0.3 is 0 Å². The summed E-state index contributed by atoms with van der Waals surface area (Å²) in [6.45, 7) is 3.13. The molecule has 11 heavy (non-hydrogen) atoms. The molecule has 1 N–H and O–H groups in total. The van der Waals surface area contributed by atoms with Crippen LogP contribution in [0, 0.1) is 0 Å². The summed E-state index contributed by atoms with van der Waals surface area (Å²) >= 11 is 1.81. The summed E-state index contributed by atoms with van der Waals surface area (Å²) in [7, 11) is 1.96. The molecule has 0 atom stereocenters. The highest BCUT2D eigenvalue weighted by Gasteiger charge is 1.98. The summed E-state index contributed by atoms with van der Waals surface area (Å²) in [6.07, 6.45) is 4.27. The van der Waals surface area contributed by atoms with E-state index < -0.39 is 0 Å². The summed E-state index contributed by atoms with van der Waals surface area (Å²) in [6, 6.07) is 0. The van der Waals surface area contributed by atoms with Gasteiger partial charge in [0, 0.05) is 17.6 Å². The van der Waals surface area contributed by atoms with Crippen LogP contribution in [0.15, 0.2) is 6.20 Å². The van der Waals surface area contributed by atoms with E-state index in [1.165, 1.54) is 16.3 Å². The van der Waals surface area contributed by atoms with Crippen molar-refractivity contribution in [2.24, 2.45) is 0 Å². The van der Waals surface area contributed by atoms with E-state index in [0.29, 0.717) is 0 Å². The van der Waals surface area contributed by atoms with Crippen LogP contribution in [0.1, 0.15) is 23.2 Å². The highest BCUT2D eigenvalue weighted by Crippen LogP contribution is 2.13. The fourth-order valence-electron chi connectivity index (χ4n) is 0.933. The van der Waals surface area contributed by atoms with Gasteiger partial charge in [0.15, 0.2) is 0 Å². The lowest BCUT2D eigenvalue weighted by atomic mass is 10.4. The first-order valence-electron chi connectivity index (χ1n) is 3.95. The molecule has 2 nitrogen and oxygen atoms in total. The van der Waals surface area contributed by atoms with Gasteiger partial charge in [-0.15, -0.1) is 11.3 Å². The van der Waals surface area contributed by atoms with Crippen LogP contribution in [0.5, 0.6) is 0 Å². The van der Waals surface area contributed by atoms with Crippen molar-refractivity contribution in [2.75, 3.05) is 7.05 Å². The van der Waals surface area contributed by atoms with Crippen LogP contribution < -0.4 is 5.32 Å². The molecule has 0 aromatic carbocycles. The molecule has 1 aromatic heterocycles. The number of aryl methyl sites for hydroxylation is 1. The first-order valence-corrected chi connectivity index (χ1v) is 4.76. The molecule has 0 saturated carbocycles. The van der Waals surface area contributed by atoms with Crippen LogP contribution in [-0.4, -0.2) is 12.0 Å². The average molecular weight is 170 g/mol. The Labute approximate surface area is 71.7 Å². The summed E-state index contributed by atoms with van der Waals surface area (Å²) in [4.78, 5) is 5.63. The van der Waals surface area contributed by atoms with Gasteiger partial charge in [-0.3, -0.25) is 0 Å². The van der Waals surface area contributed by atoms with Gasteiger partial charge in [0.25, 0.3) is 0 Å². The van der Waals surface area contributed by atoms with Crippen molar-refractivity contribution in [3.8, 4) is 0 Å². The molecule has 1 aromatic rings. The van der Waals surface area contributed by atoms with Crippen molar-refractivity contribution >= 4 is 11.3 Å². The Morgan fingerprint density at radius 3 is 3.09 bits per heavy atom. The maximum atomic E-state index is 4.30. The van der Waals surface area contributed by atoms with Crippen LogP contribution in [0.25, 0.3) is 0 Å². The zero-order valence-corrected chi connectivity index (χ0v) is 7.87. The van der Waals surface area contributed by atoms with Gasteiger partial charge in [0.1, 0.15) is 0 Å². The molecule has 62 valence electrons. The summed E-state index contributed by atoms with van der Waals surface area (Å²) in [5.41, 5.74) is 0. The fraction of sp³-hybridized carbons (Fsp3) is 0.625. The molecule has 0 unspecified atom stereocenters. The fourth-order valence-corrected chi connectivity index (χ4v) is 1.97. The molecule has 3 heteroatoms. The van der Waals surface area contributed by atoms with Crippen LogP contribution in [0.4, 0.5) is 0 Å². The smallest absolute Gasteiger partial charge is 0.0928 e. The van der Waals surface area contributed by atoms with Crippen LogP contribution in [0.3, 0.4) is 0 Å². The molecule has 1 heterocycles. The van der Waals surface area contributed by atoms with E-state index in [2.05, 4.69) is 17.2 Å². The normalized spacial score (nSPS) is 10.4. The molecule has 0 aliphatic carbocycles. The van der Waals surface area contributed by atoms with Crippen LogP contribution >= 0.6 is 11.3 Å². The summed E-state index contributed by atoms with van der Waals surface area (Å²) < 4.78 is 0. The molecule has 0 radical (unpaired) electrons. The average Bonchev–Trinajstić information content (AvgIpc) is 2.38. The third kappa shape index (κ3) is 2.60. The Morgan fingerprint density at radius 1 is 1.64 bits per heavy atom. The highest BCUT2D eigenvalue weighted by molar-refractivity contribution is 7.11. The van der Waals surface area contributed by atoms with Gasteiger partial charge in [0.2, 0.25) is 0 Å². The number of nitrogens with one attached hydrogen (secondary N) is 1. The van der Waals surface area contributed by atoms with Crippen LogP contribution in [0.2, 0.25) is 0 Å². The molecule has 1 rings (SSSR count). The second-order valence-corrected chi connectivity index (χ2v) is 3.70. The van der Waals surface area contributed by atoms with Crippen molar-refractivity contribution in [1.82, 2.24) is 10.3 Å². The number of hydrogen-bond acceptors (Lipinski definition) is 3. The minimum atomic E-state index is 0.946. The summed E-state index contributed by atoms with van der Waals surface area (Å²) in [5, 5.41) is 4.37. The number of nitrogens with zero attached hydrogens (tertiary/aromatic N) is 1. The quantitative estimate of drug-likeness (QED) is 0.745. The maximum Gasteiger partial charge on any atom is 0.0928 e. The van der Waals surface area contributed by atoms with Gasteiger partial charge < -0.3 is 5.32 Å². The van der Waals surface area contributed by atoms with Crippen molar-refractivity contribution in [3.63, 3.8) is 0 Å². The number of thiazole rings is 1. The predicted octanol–water partition coefficient (Wildman–Crippen LogP) is 1.81. The number of hydrogen-bond donors (Lipinski definition) is 1. The lowest BCUT2D eigenvalue weighted by molar-refractivity contribution is 0.829. The van der Waals surface area contributed by atoms with Crippen molar-refractivity contribution in [3.05, 3.63) is 16.1 Å². The Bertz CT molecular complexity index is 187. The van der Waals surface area contributed by atoms with E-state index in [0.717, 1.165) is 13.0 Å². The Morgan fingerprint density at radius 2 is 2.45 bits per heavy atom. The van der Waals surface area contributed by atoms with Gasteiger partial charge in [-0.25, -0.2) is 4.98 Å². The SMILES string of the molecule is CCCc1ncc(CNC)s1. The van der Waals surface area contributed by atoms with Crippen LogP contribution in [-0.2, 0) is 13.0 Å². The van der Waals surface area contributed by atoms with E-state index in [-0.39, 0.29) is 0 Å². The molecule has 0 aliphatic heterocycles. The third-order valence-electron chi connectivity index (χ3n) is 1.42. The van der Waals surface area contributed by atoms with Gasteiger partial charge in [0.05, 0.1) is 5.01 Å². The zero-order valence-electron chi connectivity index (χ0n) is 7.05. The topological polar surface area (TPSA) is 24.9 Å². The van der Waals surface area contributed by atoms with Crippen molar-refractivity contribution < 1.29 is 0 Å². The number of rotatable bonds is 4. The first-order chi connectivity index (χ1) is 5.36. The maximum absolute atomic E-state index is 4.30. The molecular weight excluding hydrogens is 156 g/mol. The number of aromatic nitrogens is 1. The molecule has 0 bridgehead atoms. The zero-order chi connectivity index (χ0) is 8.10. The summed E-state index contributed by atoms with van der Waals surface area (Å²) in [5.74, 6) is 0. The molecule has 0 saturated heterocycles. The largest absolute Gasteiger partial charge is 0.315 e. The lowest BCUT2D eigenvalue weighted by Crippen LogP contribution is -2.02. The molecule has 0 fully saturated rings. The van der Waals surface area contributed by atoms with E-state index >= 15 is 0 Å². The second-order valence-electron chi connectivity index (χ2n) is 2.50. The van der Waals surface area contributed by atoms with Gasteiger partial charge in [-0.2, -0.15) is 0 Å². The van der Waals surface area contributed by atoms with E-state index in [4.69, 9.17) is 0 Å². The molecule has 0 aliphatic rings. The Balaban J connectivity index is 2.51. The first kappa shape index (κ1) is 8.68. The highest BCUT2D eigenvalue weighted by atomic mass is 32.1. The third-order valence-corrected chi connectivity index (χ3v) is 2.47. The predicted molar refractivity (Wildman–Crippen MR) is 48.9 cm³/mol. The van der Waals surface area contributed by atoms with Gasteiger partial charge in [-0.1, -0.05) is 6.92 Å². The van der Waals surface area contributed by atoms with Crippen molar-refractivity contribution in [2.45, 2.75) is 26.3 Å². The minimum Gasteiger partial charge on any atom is -0.315 e. The molecule has 0 spiro atoms. The van der Waals surface area contributed by atoms with E-state index in [1.807, 2.05) is 24.6 Å². The lowest BCUT2D eigenvalue weighted by Gasteiger charge is -1.90. The molecule has 0 amide bonds. The van der Waals surface area contributed by atoms with E-state index in [1.54, 1.807) is 0 Å². The van der Waals surface area contributed by atoms with Gasteiger partial charge in [-0.05, 0) is 19.9 Å². The Kier molecular flexibility index (Phi) is 3.52. The monoisotopic (exact) mass is 170 g/mol. The van der Waals surface area contributed by atoms with E-state index in [9.17, 15) is 0 Å². The minimum absolute atomic E-state index is 0.946. The Hall–Kier alpha value is -0.410.